The molecule has 1 aromatic carbocycles. The van der Waals surface area contributed by atoms with Gasteiger partial charge in [0, 0.05) is 13.0 Å². The largest absolute Gasteiger partial charge is 0.480 e. The minimum absolute atomic E-state index is 0.0322. The normalized spacial score (nSPS) is 14.0. The second-order valence-electron chi connectivity index (χ2n) is 5.45. The van der Waals surface area contributed by atoms with Crippen LogP contribution in [0.5, 0.6) is 0 Å². The zero-order valence-corrected chi connectivity index (χ0v) is 11.6. The van der Waals surface area contributed by atoms with E-state index in [9.17, 15) is 9.59 Å². The van der Waals surface area contributed by atoms with E-state index in [0.717, 1.165) is 25.7 Å². The van der Waals surface area contributed by atoms with Crippen molar-refractivity contribution in [3.05, 3.63) is 35.9 Å². The van der Waals surface area contributed by atoms with Crippen molar-refractivity contribution in [3.63, 3.8) is 0 Å². The number of rotatable bonds is 8. The molecule has 1 aliphatic carbocycles. The quantitative estimate of drug-likeness (QED) is 0.792. The maximum atomic E-state index is 12.1. The highest BCUT2D eigenvalue weighted by molar-refractivity contribution is 5.81. The average molecular weight is 275 g/mol. The first-order valence-corrected chi connectivity index (χ1v) is 7.18. The van der Waals surface area contributed by atoms with E-state index in [2.05, 4.69) is 0 Å². The minimum atomic E-state index is -0.929. The minimum Gasteiger partial charge on any atom is -0.480 e. The molecule has 1 fully saturated rings. The zero-order chi connectivity index (χ0) is 14.4. The third-order valence-corrected chi connectivity index (χ3v) is 3.55. The lowest BCUT2D eigenvalue weighted by molar-refractivity contribution is -0.144. The van der Waals surface area contributed by atoms with E-state index in [1.165, 1.54) is 10.5 Å². The molecule has 1 aromatic rings. The van der Waals surface area contributed by atoms with E-state index in [-0.39, 0.29) is 12.5 Å². The lowest BCUT2D eigenvalue weighted by atomic mass is 10.1. The van der Waals surface area contributed by atoms with E-state index in [1.54, 1.807) is 0 Å². The van der Waals surface area contributed by atoms with Crippen molar-refractivity contribution in [1.29, 1.82) is 0 Å². The molecule has 0 saturated heterocycles. The molecule has 4 nitrogen and oxygen atoms in total. The Morgan fingerprint density at radius 1 is 1.20 bits per heavy atom. The first-order valence-electron chi connectivity index (χ1n) is 7.18. The number of nitrogens with zero attached hydrogens (tertiary/aromatic N) is 1. The van der Waals surface area contributed by atoms with Crippen LogP contribution in [0.15, 0.2) is 30.3 Å². The number of aryl methyl sites for hydroxylation is 1. The molecule has 4 heteroatoms. The van der Waals surface area contributed by atoms with Crippen molar-refractivity contribution >= 4 is 11.9 Å². The van der Waals surface area contributed by atoms with Gasteiger partial charge in [0.1, 0.15) is 6.54 Å². The summed E-state index contributed by atoms with van der Waals surface area (Å²) in [5.41, 5.74) is 1.22. The number of hydrogen-bond donors (Lipinski definition) is 1. The monoisotopic (exact) mass is 275 g/mol. The van der Waals surface area contributed by atoms with Gasteiger partial charge in [-0.25, -0.2) is 0 Å². The van der Waals surface area contributed by atoms with Gasteiger partial charge in [0.15, 0.2) is 0 Å². The van der Waals surface area contributed by atoms with Crippen LogP contribution in [0, 0.1) is 5.92 Å². The van der Waals surface area contributed by atoms with Crippen molar-refractivity contribution < 1.29 is 14.7 Å². The Bertz CT molecular complexity index is 454. The molecule has 0 aromatic heterocycles. The molecule has 0 bridgehead atoms. The number of amides is 1. The van der Waals surface area contributed by atoms with Gasteiger partial charge >= 0.3 is 5.97 Å². The summed E-state index contributed by atoms with van der Waals surface area (Å²) in [6, 6.07) is 10.0. The second-order valence-corrected chi connectivity index (χ2v) is 5.45. The van der Waals surface area contributed by atoms with Crippen molar-refractivity contribution in [3.8, 4) is 0 Å². The fourth-order valence-corrected chi connectivity index (χ4v) is 2.28. The van der Waals surface area contributed by atoms with Crippen LogP contribution >= 0.6 is 0 Å². The average Bonchev–Trinajstić information content (AvgIpc) is 3.22. The van der Waals surface area contributed by atoms with Gasteiger partial charge in [-0.1, -0.05) is 30.3 Å². The Morgan fingerprint density at radius 3 is 2.50 bits per heavy atom. The number of carbonyl (C=O) groups excluding carboxylic acids is 1. The Balaban J connectivity index is 1.76. The molecule has 108 valence electrons. The van der Waals surface area contributed by atoms with Crippen LogP contribution in [0.2, 0.25) is 0 Å². The van der Waals surface area contributed by atoms with Crippen molar-refractivity contribution in [1.82, 2.24) is 4.90 Å². The van der Waals surface area contributed by atoms with Gasteiger partial charge in [-0.05, 0) is 37.2 Å². The molecular formula is C16H21NO3. The highest BCUT2D eigenvalue weighted by Gasteiger charge is 2.27. The van der Waals surface area contributed by atoms with Gasteiger partial charge in [-0.3, -0.25) is 9.59 Å². The molecule has 0 atom stereocenters. The zero-order valence-electron chi connectivity index (χ0n) is 11.6. The Kier molecular flexibility index (Phi) is 5.16. The lowest BCUT2D eigenvalue weighted by Gasteiger charge is -2.20. The van der Waals surface area contributed by atoms with Gasteiger partial charge in [0.25, 0.3) is 0 Å². The molecular weight excluding hydrogens is 254 g/mol. The molecule has 0 radical (unpaired) electrons. The SMILES string of the molecule is O=C(O)CN(CC1CC1)C(=O)CCCc1ccccc1. The van der Waals surface area contributed by atoms with Crippen LogP contribution in [-0.4, -0.2) is 35.0 Å². The van der Waals surface area contributed by atoms with Crippen LogP contribution < -0.4 is 0 Å². The van der Waals surface area contributed by atoms with Gasteiger partial charge in [0.05, 0.1) is 0 Å². The fraction of sp³-hybridized carbons (Fsp3) is 0.500. The van der Waals surface area contributed by atoms with Crippen LogP contribution in [0.3, 0.4) is 0 Å². The number of carbonyl (C=O) groups is 2. The first-order chi connectivity index (χ1) is 9.65. The summed E-state index contributed by atoms with van der Waals surface area (Å²) in [4.78, 5) is 24.4. The van der Waals surface area contributed by atoms with Crippen LogP contribution in [0.1, 0.15) is 31.2 Å². The molecule has 1 saturated carbocycles. The summed E-state index contributed by atoms with van der Waals surface area (Å²) in [5.74, 6) is -0.440. The number of benzene rings is 1. The summed E-state index contributed by atoms with van der Waals surface area (Å²) in [7, 11) is 0. The number of carboxylic acids is 1. The molecule has 1 aliphatic rings. The van der Waals surface area contributed by atoms with E-state index in [4.69, 9.17) is 5.11 Å². The summed E-state index contributed by atoms with van der Waals surface area (Å²) in [6.45, 7) is 0.442. The van der Waals surface area contributed by atoms with Gasteiger partial charge in [0.2, 0.25) is 5.91 Å². The van der Waals surface area contributed by atoms with Crippen molar-refractivity contribution in [2.75, 3.05) is 13.1 Å². The van der Waals surface area contributed by atoms with Crippen molar-refractivity contribution in [2.45, 2.75) is 32.1 Å². The summed E-state index contributed by atoms with van der Waals surface area (Å²) >= 11 is 0. The first kappa shape index (κ1) is 14.6. The summed E-state index contributed by atoms with van der Waals surface area (Å²) in [6.07, 6.45) is 4.29. The van der Waals surface area contributed by atoms with Gasteiger partial charge in [-0.2, -0.15) is 0 Å². The molecule has 0 heterocycles. The van der Waals surface area contributed by atoms with Crippen LogP contribution in [-0.2, 0) is 16.0 Å². The van der Waals surface area contributed by atoms with Crippen molar-refractivity contribution in [2.24, 2.45) is 5.92 Å². The van der Waals surface area contributed by atoms with Gasteiger partial charge < -0.3 is 10.0 Å². The lowest BCUT2D eigenvalue weighted by Crippen LogP contribution is -2.37. The van der Waals surface area contributed by atoms with E-state index >= 15 is 0 Å². The maximum Gasteiger partial charge on any atom is 0.323 e. The molecule has 1 N–H and O–H groups in total. The highest BCUT2D eigenvalue weighted by Crippen LogP contribution is 2.29. The van der Waals surface area contributed by atoms with Gasteiger partial charge in [-0.15, -0.1) is 0 Å². The Labute approximate surface area is 119 Å². The summed E-state index contributed by atoms with van der Waals surface area (Å²) < 4.78 is 0. The number of aliphatic carboxylic acids is 1. The second kappa shape index (κ2) is 7.08. The standard InChI is InChI=1S/C16H21NO3/c18-15(8-4-7-13-5-2-1-3-6-13)17(12-16(19)20)11-14-9-10-14/h1-3,5-6,14H,4,7-12H2,(H,19,20). The molecule has 2 rings (SSSR count). The maximum absolute atomic E-state index is 12.1. The van der Waals surface area contributed by atoms with Crippen LogP contribution in [0.25, 0.3) is 0 Å². The summed E-state index contributed by atoms with van der Waals surface area (Å²) in [5, 5.41) is 8.88. The van der Waals surface area contributed by atoms with E-state index in [1.807, 2.05) is 30.3 Å². The third-order valence-electron chi connectivity index (χ3n) is 3.55. The molecule has 20 heavy (non-hydrogen) atoms. The molecule has 0 unspecified atom stereocenters. The number of carboxylic acid groups (broad SMARTS) is 1. The highest BCUT2D eigenvalue weighted by atomic mass is 16.4. The third kappa shape index (κ3) is 5.03. The Hall–Kier alpha value is -1.84. The fourth-order valence-electron chi connectivity index (χ4n) is 2.28. The van der Waals surface area contributed by atoms with Crippen LogP contribution in [0.4, 0.5) is 0 Å². The smallest absolute Gasteiger partial charge is 0.323 e. The number of hydrogen-bond acceptors (Lipinski definition) is 2. The predicted octanol–water partition coefficient (Wildman–Crippen LogP) is 2.33. The van der Waals surface area contributed by atoms with E-state index in [0.29, 0.717) is 18.9 Å². The Morgan fingerprint density at radius 2 is 1.90 bits per heavy atom. The topological polar surface area (TPSA) is 57.6 Å². The molecule has 0 spiro atoms. The van der Waals surface area contributed by atoms with E-state index < -0.39 is 5.97 Å². The predicted molar refractivity (Wildman–Crippen MR) is 76.3 cm³/mol. The molecule has 0 aliphatic heterocycles. The molecule has 1 amide bonds.